The maximum atomic E-state index is 13.1. The topological polar surface area (TPSA) is 81.8 Å². The molecule has 2 saturated heterocycles. The fourth-order valence-electron chi connectivity index (χ4n) is 4.76. The van der Waals surface area contributed by atoms with Crippen molar-refractivity contribution in [3.63, 3.8) is 0 Å². The Morgan fingerprint density at radius 2 is 1.93 bits per heavy atom. The number of hydrogen-bond donors (Lipinski definition) is 2. The molecule has 4 amide bonds. The van der Waals surface area contributed by atoms with E-state index >= 15 is 0 Å². The number of rotatable bonds is 5. The summed E-state index contributed by atoms with van der Waals surface area (Å²) < 4.78 is 0. The number of imide groups is 1. The molecule has 3 rings (SSSR count). The van der Waals surface area contributed by atoms with E-state index < -0.39 is 11.6 Å². The first kappa shape index (κ1) is 20.1. The fraction of sp³-hybridized carbons (Fsp3) is 0.850. The SMILES string of the molecule is CCC(C)(C)C1CCC2(CC1)NC(=O)N(CC(=O)N(C)C1CCNC1)C2=O. The lowest BCUT2D eigenvalue weighted by atomic mass is 9.65. The predicted octanol–water partition coefficient (Wildman–Crippen LogP) is 1.72. The van der Waals surface area contributed by atoms with Gasteiger partial charge in [-0.3, -0.25) is 14.5 Å². The molecule has 152 valence electrons. The molecule has 0 radical (unpaired) electrons. The maximum Gasteiger partial charge on any atom is 0.325 e. The standard InChI is InChI=1S/C20H34N4O3/c1-5-19(2,3)14-6-9-20(10-7-14)17(26)24(18(27)22-20)13-16(25)23(4)15-8-11-21-12-15/h14-15,21H,5-13H2,1-4H3,(H,22,27). The minimum absolute atomic E-state index is 0.138. The molecule has 0 aromatic heterocycles. The normalized spacial score (nSPS) is 31.5. The first-order valence-electron chi connectivity index (χ1n) is 10.3. The number of urea groups is 1. The van der Waals surface area contributed by atoms with Gasteiger partial charge in [-0.05, 0) is 50.0 Å². The van der Waals surface area contributed by atoms with Crippen LogP contribution in [0.1, 0.15) is 59.3 Å². The van der Waals surface area contributed by atoms with Crippen molar-refractivity contribution in [2.75, 3.05) is 26.7 Å². The summed E-state index contributed by atoms with van der Waals surface area (Å²) in [6.07, 6.45) is 5.21. The van der Waals surface area contributed by atoms with Crippen molar-refractivity contribution in [3.05, 3.63) is 0 Å². The van der Waals surface area contributed by atoms with Gasteiger partial charge < -0.3 is 15.5 Å². The molecule has 3 aliphatic rings. The van der Waals surface area contributed by atoms with Crippen molar-refractivity contribution in [1.82, 2.24) is 20.4 Å². The van der Waals surface area contributed by atoms with Gasteiger partial charge in [0, 0.05) is 19.6 Å². The van der Waals surface area contributed by atoms with Gasteiger partial charge in [-0.15, -0.1) is 0 Å². The third kappa shape index (κ3) is 3.71. The first-order chi connectivity index (χ1) is 12.7. The van der Waals surface area contributed by atoms with E-state index in [0.29, 0.717) is 18.8 Å². The van der Waals surface area contributed by atoms with Crippen LogP contribution in [0, 0.1) is 11.3 Å². The largest absolute Gasteiger partial charge is 0.340 e. The van der Waals surface area contributed by atoms with Crippen LogP contribution < -0.4 is 10.6 Å². The number of hydrogen-bond acceptors (Lipinski definition) is 4. The number of carbonyl (C=O) groups is 3. The van der Waals surface area contributed by atoms with Crippen molar-refractivity contribution in [2.24, 2.45) is 11.3 Å². The van der Waals surface area contributed by atoms with Crippen LogP contribution in [0.5, 0.6) is 0 Å². The molecule has 2 N–H and O–H groups in total. The molecule has 27 heavy (non-hydrogen) atoms. The molecule has 1 unspecified atom stereocenters. The highest BCUT2D eigenvalue weighted by atomic mass is 16.2. The van der Waals surface area contributed by atoms with Crippen molar-refractivity contribution in [1.29, 1.82) is 0 Å². The van der Waals surface area contributed by atoms with E-state index in [9.17, 15) is 14.4 Å². The van der Waals surface area contributed by atoms with Gasteiger partial charge in [0.2, 0.25) is 5.91 Å². The summed E-state index contributed by atoms with van der Waals surface area (Å²) in [5, 5.41) is 6.16. The second-order valence-electron chi connectivity index (χ2n) is 9.17. The molecule has 0 aromatic rings. The smallest absolute Gasteiger partial charge is 0.325 e. The highest BCUT2D eigenvalue weighted by Gasteiger charge is 2.54. The summed E-state index contributed by atoms with van der Waals surface area (Å²) in [5.41, 5.74) is -0.549. The van der Waals surface area contributed by atoms with E-state index in [4.69, 9.17) is 0 Å². The molecule has 7 heteroatoms. The summed E-state index contributed by atoms with van der Waals surface area (Å²) in [4.78, 5) is 40.9. The predicted molar refractivity (Wildman–Crippen MR) is 103 cm³/mol. The van der Waals surface area contributed by atoms with Crippen LogP contribution in [0.15, 0.2) is 0 Å². The van der Waals surface area contributed by atoms with Gasteiger partial charge in [0.05, 0.1) is 0 Å². The lowest BCUT2D eigenvalue weighted by molar-refractivity contribution is -0.140. The third-order valence-corrected chi connectivity index (χ3v) is 7.37. The Morgan fingerprint density at radius 1 is 1.26 bits per heavy atom. The second kappa shape index (κ2) is 7.41. The highest BCUT2D eigenvalue weighted by Crippen LogP contribution is 2.45. The number of likely N-dealkylation sites (N-methyl/N-ethyl adjacent to an activating group) is 1. The Morgan fingerprint density at radius 3 is 2.48 bits per heavy atom. The van der Waals surface area contributed by atoms with Crippen molar-refractivity contribution in [3.8, 4) is 0 Å². The van der Waals surface area contributed by atoms with Gasteiger partial charge >= 0.3 is 6.03 Å². The average molecular weight is 379 g/mol. The van der Waals surface area contributed by atoms with E-state index in [1.807, 2.05) is 0 Å². The summed E-state index contributed by atoms with van der Waals surface area (Å²) in [7, 11) is 1.76. The molecule has 2 aliphatic heterocycles. The first-order valence-corrected chi connectivity index (χ1v) is 10.3. The molecular weight excluding hydrogens is 344 g/mol. The van der Waals surface area contributed by atoms with Gasteiger partial charge in [0.1, 0.15) is 12.1 Å². The van der Waals surface area contributed by atoms with Crippen LogP contribution in [0.3, 0.4) is 0 Å². The van der Waals surface area contributed by atoms with Crippen LogP contribution >= 0.6 is 0 Å². The van der Waals surface area contributed by atoms with Gasteiger partial charge in [0.15, 0.2) is 0 Å². The van der Waals surface area contributed by atoms with Crippen LogP contribution in [0.25, 0.3) is 0 Å². The molecule has 1 aliphatic carbocycles. The summed E-state index contributed by atoms with van der Waals surface area (Å²) >= 11 is 0. The molecule has 1 spiro atoms. The zero-order chi connectivity index (χ0) is 19.8. The Balaban J connectivity index is 1.63. The number of nitrogens with zero attached hydrogens (tertiary/aromatic N) is 2. The Hall–Kier alpha value is -1.63. The van der Waals surface area contributed by atoms with E-state index in [1.165, 1.54) is 0 Å². The monoisotopic (exact) mass is 378 g/mol. The lowest BCUT2D eigenvalue weighted by Crippen LogP contribution is -2.51. The van der Waals surface area contributed by atoms with Gasteiger partial charge in [-0.25, -0.2) is 4.79 Å². The van der Waals surface area contributed by atoms with E-state index in [1.54, 1.807) is 11.9 Å². The molecule has 3 fully saturated rings. The quantitative estimate of drug-likeness (QED) is 0.714. The van der Waals surface area contributed by atoms with Crippen LogP contribution in [0.4, 0.5) is 4.79 Å². The van der Waals surface area contributed by atoms with Crippen LogP contribution in [-0.2, 0) is 9.59 Å². The molecule has 0 bridgehead atoms. The minimum Gasteiger partial charge on any atom is -0.340 e. The van der Waals surface area contributed by atoms with Gasteiger partial charge in [-0.2, -0.15) is 0 Å². The maximum absolute atomic E-state index is 13.1. The summed E-state index contributed by atoms with van der Waals surface area (Å²) in [6, 6.07) is -0.279. The molecule has 0 aromatic carbocycles. The summed E-state index contributed by atoms with van der Waals surface area (Å²) in [6.45, 7) is 8.26. The molecular formula is C20H34N4O3. The lowest BCUT2D eigenvalue weighted by Gasteiger charge is -2.42. The van der Waals surface area contributed by atoms with Crippen LogP contribution in [-0.4, -0.2) is 65.9 Å². The van der Waals surface area contributed by atoms with Crippen molar-refractivity contribution in [2.45, 2.75) is 70.9 Å². The number of amides is 4. The number of carbonyl (C=O) groups excluding carboxylic acids is 3. The van der Waals surface area contributed by atoms with E-state index in [0.717, 1.165) is 43.7 Å². The molecule has 1 atom stereocenters. The molecule has 1 saturated carbocycles. The minimum atomic E-state index is -0.800. The average Bonchev–Trinajstić information content (AvgIpc) is 3.25. The summed E-state index contributed by atoms with van der Waals surface area (Å²) in [5.74, 6) is 0.172. The van der Waals surface area contributed by atoms with E-state index in [-0.39, 0.29) is 29.8 Å². The van der Waals surface area contributed by atoms with Gasteiger partial charge in [0.25, 0.3) is 5.91 Å². The zero-order valence-corrected chi connectivity index (χ0v) is 17.1. The second-order valence-corrected chi connectivity index (χ2v) is 9.17. The molecule has 2 heterocycles. The van der Waals surface area contributed by atoms with E-state index in [2.05, 4.69) is 31.4 Å². The van der Waals surface area contributed by atoms with Gasteiger partial charge in [-0.1, -0.05) is 27.2 Å². The van der Waals surface area contributed by atoms with Crippen molar-refractivity contribution >= 4 is 17.8 Å². The molecule has 7 nitrogen and oxygen atoms in total. The Kier molecular flexibility index (Phi) is 5.52. The van der Waals surface area contributed by atoms with Crippen LogP contribution in [0.2, 0.25) is 0 Å². The Bertz CT molecular complexity index is 604. The van der Waals surface area contributed by atoms with Crippen molar-refractivity contribution < 1.29 is 14.4 Å². The Labute approximate surface area is 162 Å². The zero-order valence-electron chi connectivity index (χ0n) is 17.1. The fourth-order valence-corrected chi connectivity index (χ4v) is 4.76. The third-order valence-electron chi connectivity index (χ3n) is 7.37. The highest BCUT2D eigenvalue weighted by molar-refractivity contribution is 6.09. The number of nitrogens with one attached hydrogen (secondary N) is 2.